The van der Waals surface area contributed by atoms with Crippen LogP contribution < -0.4 is 5.32 Å². The Bertz CT molecular complexity index is 421. The molecular formula is C11H17N5O. The zero-order valence-electron chi connectivity index (χ0n) is 9.96. The molecule has 0 aromatic carbocycles. The molecule has 1 aliphatic heterocycles. The van der Waals surface area contributed by atoms with Crippen LogP contribution in [-0.2, 0) is 0 Å². The molecule has 0 unspecified atom stereocenters. The molecule has 1 aliphatic carbocycles. The highest BCUT2D eigenvalue weighted by atomic mass is 16.2. The molecule has 3 rings (SSSR count). The van der Waals surface area contributed by atoms with Crippen molar-refractivity contribution in [3.63, 3.8) is 0 Å². The summed E-state index contributed by atoms with van der Waals surface area (Å²) in [6.45, 7) is 1.82. The van der Waals surface area contributed by atoms with Gasteiger partial charge in [-0.15, -0.1) is 5.10 Å². The van der Waals surface area contributed by atoms with Gasteiger partial charge < -0.3 is 10.2 Å². The van der Waals surface area contributed by atoms with Crippen LogP contribution in [-0.4, -0.2) is 52.0 Å². The number of carbonyl (C=O) groups is 1. The molecular weight excluding hydrogens is 218 g/mol. The van der Waals surface area contributed by atoms with E-state index in [0.29, 0.717) is 17.8 Å². The van der Waals surface area contributed by atoms with E-state index in [4.69, 9.17) is 0 Å². The summed E-state index contributed by atoms with van der Waals surface area (Å²) in [5.74, 6) is -0.00627. The molecule has 6 nitrogen and oxygen atoms in total. The van der Waals surface area contributed by atoms with Crippen LogP contribution in [0.15, 0.2) is 6.20 Å². The lowest BCUT2D eigenvalue weighted by molar-refractivity contribution is 0.0646. The van der Waals surface area contributed by atoms with Crippen LogP contribution in [0, 0.1) is 0 Å². The summed E-state index contributed by atoms with van der Waals surface area (Å²) >= 11 is 0. The van der Waals surface area contributed by atoms with Gasteiger partial charge in [-0.05, 0) is 19.3 Å². The second-order valence-electron chi connectivity index (χ2n) is 4.90. The van der Waals surface area contributed by atoms with Crippen molar-refractivity contribution in [3.05, 3.63) is 11.9 Å². The van der Waals surface area contributed by atoms with Gasteiger partial charge in [-0.2, -0.15) is 0 Å². The maximum atomic E-state index is 12.1. The highest BCUT2D eigenvalue weighted by Crippen LogP contribution is 2.24. The minimum absolute atomic E-state index is 0.00627. The third kappa shape index (κ3) is 1.82. The lowest BCUT2D eigenvalue weighted by atomic mass is 9.92. The van der Waals surface area contributed by atoms with Crippen LogP contribution in [0.5, 0.6) is 0 Å². The highest BCUT2D eigenvalue weighted by molar-refractivity contribution is 5.92. The van der Waals surface area contributed by atoms with Gasteiger partial charge in [0.1, 0.15) is 0 Å². The highest BCUT2D eigenvalue weighted by Gasteiger charge is 2.28. The second kappa shape index (κ2) is 4.10. The second-order valence-corrected chi connectivity index (χ2v) is 4.90. The van der Waals surface area contributed by atoms with Crippen LogP contribution in [0.25, 0.3) is 0 Å². The van der Waals surface area contributed by atoms with Crippen molar-refractivity contribution in [2.75, 3.05) is 20.1 Å². The summed E-state index contributed by atoms with van der Waals surface area (Å²) in [5, 5.41) is 11.2. The monoisotopic (exact) mass is 235 g/mol. The number of aromatic nitrogens is 3. The Kier molecular flexibility index (Phi) is 2.58. The fourth-order valence-corrected chi connectivity index (χ4v) is 2.13. The number of hydrogen-bond acceptors (Lipinski definition) is 4. The van der Waals surface area contributed by atoms with Crippen LogP contribution in [0.1, 0.15) is 35.8 Å². The summed E-state index contributed by atoms with van der Waals surface area (Å²) in [5.41, 5.74) is 0.464. The summed E-state index contributed by atoms with van der Waals surface area (Å²) in [4.78, 5) is 13.9. The van der Waals surface area contributed by atoms with Crippen LogP contribution in [0.4, 0.5) is 0 Å². The SMILES string of the molecule is CN(C(=O)c1cn(C2CNC2)nn1)C1CCC1. The molecule has 2 heterocycles. The summed E-state index contributed by atoms with van der Waals surface area (Å²) in [6, 6.07) is 0.760. The maximum absolute atomic E-state index is 12.1. The molecule has 1 N–H and O–H groups in total. The van der Waals surface area contributed by atoms with E-state index in [1.54, 1.807) is 15.8 Å². The van der Waals surface area contributed by atoms with E-state index in [-0.39, 0.29) is 5.91 Å². The quantitative estimate of drug-likeness (QED) is 0.804. The van der Waals surface area contributed by atoms with Crippen LogP contribution in [0.2, 0.25) is 0 Å². The summed E-state index contributed by atoms with van der Waals surface area (Å²) in [6.07, 6.45) is 5.22. The number of amides is 1. The number of carbonyl (C=O) groups excluding carboxylic acids is 1. The minimum atomic E-state index is -0.00627. The number of hydrogen-bond donors (Lipinski definition) is 1. The summed E-state index contributed by atoms with van der Waals surface area (Å²) in [7, 11) is 1.86. The maximum Gasteiger partial charge on any atom is 0.276 e. The molecule has 6 heteroatoms. The normalized spacial score (nSPS) is 20.8. The van der Waals surface area contributed by atoms with Crippen LogP contribution >= 0.6 is 0 Å². The molecule has 1 saturated carbocycles. The largest absolute Gasteiger partial charge is 0.337 e. The van der Waals surface area contributed by atoms with Crippen molar-refractivity contribution >= 4 is 5.91 Å². The van der Waals surface area contributed by atoms with Gasteiger partial charge in [-0.25, -0.2) is 4.68 Å². The van der Waals surface area contributed by atoms with Crippen molar-refractivity contribution in [2.24, 2.45) is 0 Å². The molecule has 2 fully saturated rings. The van der Waals surface area contributed by atoms with Gasteiger partial charge in [0.2, 0.25) is 0 Å². The van der Waals surface area contributed by atoms with Crippen molar-refractivity contribution in [1.82, 2.24) is 25.2 Å². The Morgan fingerprint density at radius 1 is 1.53 bits per heavy atom. The van der Waals surface area contributed by atoms with Gasteiger partial charge in [0, 0.05) is 26.2 Å². The molecule has 17 heavy (non-hydrogen) atoms. The molecule has 1 aromatic rings. The Hall–Kier alpha value is -1.43. The molecule has 0 spiro atoms. The van der Waals surface area contributed by atoms with Crippen molar-refractivity contribution in [1.29, 1.82) is 0 Å². The topological polar surface area (TPSA) is 63.1 Å². The van der Waals surface area contributed by atoms with E-state index >= 15 is 0 Å². The molecule has 0 bridgehead atoms. The first-order valence-electron chi connectivity index (χ1n) is 6.15. The van der Waals surface area contributed by atoms with E-state index in [0.717, 1.165) is 25.9 Å². The summed E-state index contributed by atoms with van der Waals surface area (Å²) < 4.78 is 1.79. The standard InChI is InChI=1S/C11H17N5O/c1-15(8-3-2-4-8)11(17)10-7-16(14-13-10)9-5-12-6-9/h7-9,12H,2-6H2,1H3. The predicted molar refractivity (Wildman–Crippen MR) is 61.7 cm³/mol. The predicted octanol–water partition coefficient (Wildman–Crippen LogP) is 0.0469. The zero-order chi connectivity index (χ0) is 11.8. The lowest BCUT2D eigenvalue weighted by Crippen LogP contribution is -2.43. The van der Waals surface area contributed by atoms with Gasteiger partial charge in [0.25, 0.3) is 5.91 Å². The first-order valence-corrected chi connectivity index (χ1v) is 6.15. The molecule has 0 radical (unpaired) electrons. The van der Waals surface area contributed by atoms with E-state index in [2.05, 4.69) is 15.6 Å². The van der Waals surface area contributed by atoms with E-state index in [9.17, 15) is 4.79 Å². The third-order valence-electron chi connectivity index (χ3n) is 3.81. The first-order chi connectivity index (χ1) is 8.25. The van der Waals surface area contributed by atoms with Crippen molar-refractivity contribution in [2.45, 2.75) is 31.3 Å². The van der Waals surface area contributed by atoms with Crippen molar-refractivity contribution in [3.8, 4) is 0 Å². The van der Waals surface area contributed by atoms with Gasteiger partial charge in [0.05, 0.1) is 12.2 Å². The van der Waals surface area contributed by atoms with Gasteiger partial charge in [-0.3, -0.25) is 4.79 Å². The average molecular weight is 235 g/mol. The smallest absolute Gasteiger partial charge is 0.276 e. The zero-order valence-corrected chi connectivity index (χ0v) is 9.96. The average Bonchev–Trinajstić information content (AvgIpc) is 2.60. The van der Waals surface area contributed by atoms with E-state index in [1.165, 1.54) is 6.42 Å². The Balaban J connectivity index is 1.69. The van der Waals surface area contributed by atoms with Gasteiger partial charge in [0.15, 0.2) is 5.69 Å². The molecule has 2 aliphatic rings. The van der Waals surface area contributed by atoms with Crippen molar-refractivity contribution < 1.29 is 4.79 Å². The molecule has 1 saturated heterocycles. The molecule has 1 aromatic heterocycles. The lowest BCUT2D eigenvalue weighted by Gasteiger charge is -2.34. The fourth-order valence-electron chi connectivity index (χ4n) is 2.13. The number of rotatable bonds is 3. The molecule has 0 atom stereocenters. The Labute approximate surface area is 100.0 Å². The van der Waals surface area contributed by atoms with Crippen LogP contribution in [0.3, 0.4) is 0 Å². The Morgan fingerprint density at radius 2 is 2.29 bits per heavy atom. The molecule has 92 valence electrons. The minimum Gasteiger partial charge on any atom is -0.337 e. The Morgan fingerprint density at radius 3 is 2.82 bits per heavy atom. The van der Waals surface area contributed by atoms with Gasteiger partial charge >= 0.3 is 0 Å². The molecule has 1 amide bonds. The van der Waals surface area contributed by atoms with Gasteiger partial charge in [-0.1, -0.05) is 5.21 Å². The third-order valence-corrected chi connectivity index (χ3v) is 3.81. The number of nitrogens with zero attached hydrogens (tertiary/aromatic N) is 4. The first kappa shape index (κ1) is 10.7. The van der Waals surface area contributed by atoms with E-state index in [1.807, 2.05) is 7.05 Å². The fraction of sp³-hybridized carbons (Fsp3) is 0.727. The number of nitrogens with one attached hydrogen (secondary N) is 1. The van der Waals surface area contributed by atoms with E-state index < -0.39 is 0 Å².